The molecule has 0 spiro atoms. The molecular weight excluding hydrogens is 372 g/mol. The zero-order chi connectivity index (χ0) is 19.1. The second-order valence-electron chi connectivity index (χ2n) is 9.83. The van der Waals surface area contributed by atoms with Gasteiger partial charge in [0.1, 0.15) is 0 Å². The predicted octanol–water partition coefficient (Wildman–Crippen LogP) is 3.81. The van der Waals surface area contributed by atoms with Crippen LogP contribution in [-0.4, -0.2) is 61.0 Å². The lowest BCUT2D eigenvalue weighted by atomic mass is 9.54. The van der Waals surface area contributed by atoms with Crippen LogP contribution in [0.1, 0.15) is 38.5 Å². The summed E-state index contributed by atoms with van der Waals surface area (Å²) in [7, 11) is 0. The molecular formula is C23H33ClN2O2. The zero-order valence-electron chi connectivity index (χ0n) is 16.7. The number of hydrogen-bond donors (Lipinski definition) is 1. The summed E-state index contributed by atoms with van der Waals surface area (Å²) in [5, 5.41) is 11.4. The highest BCUT2D eigenvalue weighted by Gasteiger charge is 2.51. The van der Waals surface area contributed by atoms with Crippen molar-refractivity contribution in [3.8, 4) is 0 Å². The fourth-order valence-corrected chi connectivity index (χ4v) is 6.88. The molecule has 1 aliphatic heterocycles. The van der Waals surface area contributed by atoms with Gasteiger partial charge >= 0.3 is 0 Å². The van der Waals surface area contributed by atoms with Gasteiger partial charge in [0.25, 0.3) is 0 Å². The lowest BCUT2D eigenvalue weighted by Gasteiger charge is -2.56. The molecule has 4 saturated carbocycles. The highest BCUT2D eigenvalue weighted by atomic mass is 35.5. The Morgan fingerprint density at radius 1 is 1.04 bits per heavy atom. The van der Waals surface area contributed by atoms with Gasteiger partial charge in [0, 0.05) is 43.4 Å². The van der Waals surface area contributed by atoms with E-state index in [1.807, 2.05) is 18.2 Å². The van der Waals surface area contributed by atoms with Gasteiger partial charge in [-0.2, -0.15) is 0 Å². The van der Waals surface area contributed by atoms with E-state index in [-0.39, 0.29) is 11.7 Å². The molecule has 0 radical (unpaired) electrons. The molecule has 4 aliphatic carbocycles. The molecule has 154 valence electrons. The minimum Gasteiger partial charge on any atom is -0.389 e. The van der Waals surface area contributed by atoms with Crippen LogP contribution in [0, 0.1) is 17.8 Å². The molecule has 5 aliphatic rings. The Hall–Kier alpha value is -0.810. The van der Waals surface area contributed by atoms with E-state index in [1.165, 1.54) is 44.2 Å². The van der Waals surface area contributed by atoms with Crippen molar-refractivity contribution in [3.63, 3.8) is 0 Å². The number of piperazine rings is 1. The number of anilines is 1. The normalized spacial score (nSPS) is 36.1. The number of halogens is 1. The fraction of sp³-hybridized carbons (Fsp3) is 0.739. The van der Waals surface area contributed by atoms with E-state index in [0.29, 0.717) is 6.61 Å². The van der Waals surface area contributed by atoms with Crippen molar-refractivity contribution in [1.29, 1.82) is 0 Å². The molecule has 1 heterocycles. The van der Waals surface area contributed by atoms with E-state index < -0.39 is 0 Å². The van der Waals surface area contributed by atoms with Gasteiger partial charge in [0.15, 0.2) is 0 Å². The first-order valence-electron chi connectivity index (χ1n) is 11.1. The van der Waals surface area contributed by atoms with Crippen molar-refractivity contribution in [2.24, 2.45) is 17.8 Å². The summed E-state index contributed by atoms with van der Waals surface area (Å²) >= 11 is 6.12. The number of β-amino-alcohol motifs (C(OH)–C–C–N with tert-alkyl or cyclic N) is 1. The second kappa shape index (κ2) is 7.79. The number of rotatable bonds is 6. The third-order valence-electron chi connectivity index (χ3n) is 7.58. The van der Waals surface area contributed by atoms with Gasteiger partial charge in [-0.25, -0.2) is 0 Å². The Bertz CT molecular complexity index is 654. The summed E-state index contributed by atoms with van der Waals surface area (Å²) in [4.78, 5) is 4.75. The number of ether oxygens (including phenoxy) is 1. The molecule has 1 saturated heterocycles. The van der Waals surface area contributed by atoms with Crippen LogP contribution in [0.5, 0.6) is 0 Å². The van der Waals surface area contributed by atoms with Crippen molar-refractivity contribution in [2.45, 2.75) is 50.2 Å². The minimum atomic E-state index is -0.384. The molecule has 6 rings (SSSR count). The fourth-order valence-electron chi connectivity index (χ4n) is 6.69. The third-order valence-corrected chi connectivity index (χ3v) is 7.81. The monoisotopic (exact) mass is 404 g/mol. The number of benzene rings is 1. The van der Waals surface area contributed by atoms with Crippen molar-refractivity contribution in [1.82, 2.24) is 4.90 Å². The topological polar surface area (TPSA) is 35.9 Å². The first kappa shape index (κ1) is 19.2. The van der Waals surface area contributed by atoms with E-state index in [1.54, 1.807) is 0 Å². The quantitative estimate of drug-likeness (QED) is 0.782. The van der Waals surface area contributed by atoms with E-state index in [2.05, 4.69) is 15.9 Å². The van der Waals surface area contributed by atoms with Gasteiger partial charge in [0.05, 0.1) is 18.3 Å². The predicted molar refractivity (Wildman–Crippen MR) is 113 cm³/mol. The molecule has 1 atom stereocenters. The first-order valence-corrected chi connectivity index (χ1v) is 11.5. The van der Waals surface area contributed by atoms with Crippen molar-refractivity contribution in [2.75, 3.05) is 44.2 Å². The molecule has 5 fully saturated rings. The van der Waals surface area contributed by atoms with Crippen LogP contribution in [0.25, 0.3) is 0 Å². The van der Waals surface area contributed by atoms with E-state index in [4.69, 9.17) is 16.3 Å². The van der Waals surface area contributed by atoms with Gasteiger partial charge in [-0.1, -0.05) is 17.7 Å². The van der Waals surface area contributed by atoms with Crippen LogP contribution < -0.4 is 4.90 Å². The average molecular weight is 405 g/mol. The molecule has 0 aromatic heterocycles. The van der Waals surface area contributed by atoms with Crippen LogP contribution in [0.3, 0.4) is 0 Å². The highest BCUT2D eigenvalue weighted by Crippen LogP contribution is 2.57. The third kappa shape index (κ3) is 4.07. The Morgan fingerprint density at radius 2 is 1.68 bits per heavy atom. The molecule has 4 nitrogen and oxygen atoms in total. The summed E-state index contributed by atoms with van der Waals surface area (Å²) in [5.41, 5.74) is 1.29. The minimum absolute atomic E-state index is 0.0982. The van der Waals surface area contributed by atoms with Gasteiger partial charge in [-0.3, -0.25) is 4.90 Å². The molecule has 28 heavy (non-hydrogen) atoms. The van der Waals surface area contributed by atoms with Crippen molar-refractivity contribution < 1.29 is 9.84 Å². The lowest BCUT2D eigenvalue weighted by Crippen LogP contribution is -2.53. The maximum absolute atomic E-state index is 10.6. The number of nitrogens with zero attached hydrogens (tertiary/aromatic N) is 2. The first-order chi connectivity index (χ1) is 13.6. The Labute approximate surface area is 173 Å². The zero-order valence-corrected chi connectivity index (χ0v) is 17.5. The number of hydrogen-bond acceptors (Lipinski definition) is 4. The SMILES string of the molecule is O[C@H](COC12CC3CC(CC(C3)C1)C2)CN1CCN(c2cccc(Cl)c2)CC1. The van der Waals surface area contributed by atoms with Gasteiger partial charge in [-0.15, -0.1) is 0 Å². The number of aliphatic hydroxyl groups excluding tert-OH is 1. The van der Waals surface area contributed by atoms with Crippen LogP contribution in [0.15, 0.2) is 24.3 Å². The summed E-state index contributed by atoms with van der Waals surface area (Å²) in [5.74, 6) is 2.67. The Balaban J connectivity index is 1.08. The molecule has 1 N–H and O–H groups in total. The maximum Gasteiger partial charge on any atom is 0.0900 e. The standard InChI is InChI=1S/C23H33ClN2O2/c24-20-2-1-3-21(11-20)26-6-4-25(5-7-26)15-22(27)16-28-23-12-17-8-18(13-23)10-19(9-17)14-23/h1-3,11,17-19,22,27H,4-10,12-16H2/t17?,18?,19?,22-,23?/m0/s1. The smallest absolute Gasteiger partial charge is 0.0900 e. The van der Waals surface area contributed by atoms with E-state index in [9.17, 15) is 5.11 Å². The van der Waals surface area contributed by atoms with Crippen LogP contribution in [0.2, 0.25) is 5.02 Å². The Morgan fingerprint density at radius 3 is 2.29 bits per heavy atom. The van der Waals surface area contributed by atoms with Crippen LogP contribution >= 0.6 is 11.6 Å². The summed E-state index contributed by atoms with van der Waals surface area (Å²) in [6.45, 7) is 5.12. The average Bonchev–Trinajstić information content (AvgIpc) is 2.66. The molecule has 1 aromatic rings. The van der Waals surface area contributed by atoms with Crippen molar-refractivity contribution >= 4 is 17.3 Å². The van der Waals surface area contributed by atoms with Crippen LogP contribution in [-0.2, 0) is 4.74 Å². The van der Waals surface area contributed by atoms with Crippen molar-refractivity contribution in [3.05, 3.63) is 29.3 Å². The lowest BCUT2D eigenvalue weighted by molar-refractivity contribution is -0.176. The molecule has 0 unspecified atom stereocenters. The van der Waals surface area contributed by atoms with Gasteiger partial charge in [-0.05, 0) is 74.5 Å². The van der Waals surface area contributed by atoms with E-state index >= 15 is 0 Å². The largest absolute Gasteiger partial charge is 0.389 e. The summed E-state index contributed by atoms with van der Waals surface area (Å²) < 4.78 is 6.45. The second-order valence-corrected chi connectivity index (χ2v) is 10.3. The van der Waals surface area contributed by atoms with E-state index in [0.717, 1.165) is 55.5 Å². The number of aliphatic hydroxyl groups is 1. The Kier molecular flexibility index (Phi) is 5.33. The van der Waals surface area contributed by atoms with Crippen LogP contribution in [0.4, 0.5) is 5.69 Å². The summed E-state index contributed by atoms with van der Waals surface area (Å²) in [6, 6.07) is 8.08. The van der Waals surface area contributed by atoms with Gasteiger partial charge < -0.3 is 14.7 Å². The molecule has 4 bridgehead atoms. The highest BCUT2D eigenvalue weighted by molar-refractivity contribution is 6.30. The maximum atomic E-state index is 10.6. The summed E-state index contributed by atoms with van der Waals surface area (Å²) in [6.07, 6.45) is 7.63. The molecule has 1 aromatic carbocycles. The van der Waals surface area contributed by atoms with Gasteiger partial charge in [0.2, 0.25) is 0 Å². The molecule has 5 heteroatoms. The molecule has 0 amide bonds.